The van der Waals surface area contributed by atoms with Gasteiger partial charge in [0, 0.05) is 28.7 Å². The number of alkyl halides is 3. The summed E-state index contributed by atoms with van der Waals surface area (Å²) in [6, 6.07) is -0.719. The van der Waals surface area contributed by atoms with E-state index in [1.807, 2.05) is 0 Å². The molecule has 5 N–H and O–H groups in total. The molecule has 0 radical (unpaired) electrons. The van der Waals surface area contributed by atoms with E-state index < -0.39 is 93.0 Å². The van der Waals surface area contributed by atoms with Gasteiger partial charge in [-0.05, 0) is 64.7 Å². The number of nitrogens with zero attached hydrogens (tertiary/aromatic N) is 1. The SMILES string of the molecule is CCN(C)[C@@H]1C(=O)C(C(C)=O)=C(O)[C@@]2(O)C(=O)C3=C(O)c4c(O)cc(C5CCCN5)c(OC(F)(F)F)c4C[C@H]3C[C@@H]12. The zero-order valence-corrected chi connectivity index (χ0v) is 22.6. The Labute approximate surface area is 233 Å². The Morgan fingerprint density at radius 3 is 2.49 bits per heavy atom. The molecule has 1 aromatic carbocycles. The van der Waals surface area contributed by atoms with Crippen LogP contribution in [0.1, 0.15) is 55.8 Å². The molecule has 5 rings (SSSR count). The second-order valence-electron chi connectivity index (χ2n) is 11.1. The molecule has 1 saturated carbocycles. The minimum Gasteiger partial charge on any atom is -0.508 e. The first-order chi connectivity index (χ1) is 19.1. The van der Waals surface area contributed by atoms with Gasteiger partial charge < -0.3 is 30.5 Å². The van der Waals surface area contributed by atoms with Crippen LogP contribution in [0.5, 0.6) is 11.5 Å². The van der Waals surface area contributed by atoms with E-state index >= 15 is 0 Å². The standard InChI is InChI=1S/C28H31F3N2O8/c1-4-33(3)21-15-9-12-8-14-20(17(35)10-13(16-6-5-7-32-16)24(14)41-28(29,30)31)22(36)19(12)26(39)27(15,40)25(38)18(11(2)34)23(21)37/h10,12,15-16,21,32,35-36,38,40H,4-9H2,1-3H3/t12-,15-,16?,21-,27+/m0/s1. The van der Waals surface area contributed by atoms with Gasteiger partial charge in [-0.2, -0.15) is 0 Å². The number of halogens is 3. The van der Waals surface area contributed by atoms with Gasteiger partial charge >= 0.3 is 6.36 Å². The number of aromatic hydroxyl groups is 1. The van der Waals surface area contributed by atoms with E-state index in [0.717, 1.165) is 13.0 Å². The first kappa shape index (κ1) is 29.1. The van der Waals surface area contributed by atoms with Gasteiger partial charge in [0.2, 0.25) is 5.78 Å². The number of nitrogens with one attached hydrogen (secondary N) is 1. The summed E-state index contributed by atoms with van der Waals surface area (Å²) in [6.45, 7) is 3.52. The molecule has 3 aliphatic carbocycles. The third-order valence-corrected chi connectivity index (χ3v) is 8.88. The van der Waals surface area contributed by atoms with Gasteiger partial charge in [-0.15, -0.1) is 13.2 Å². The topological polar surface area (TPSA) is 157 Å². The van der Waals surface area contributed by atoms with Crippen molar-refractivity contribution in [1.29, 1.82) is 0 Å². The quantitative estimate of drug-likeness (QED) is 0.328. The lowest BCUT2D eigenvalue weighted by atomic mass is 9.57. The van der Waals surface area contributed by atoms with Crippen LogP contribution in [-0.4, -0.2) is 80.8 Å². The number of aliphatic hydroxyl groups excluding tert-OH is 2. The smallest absolute Gasteiger partial charge is 0.508 e. The zero-order chi connectivity index (χ0) is 30.2. The van der Waals surface area contributed by atoms with Crippen molar-refractivity contribution in [3.8, 4) is 11.5 Å². The van der Waals surface area contributed by atoms with Crippen molar-refractivity contribution in [1.82, 2.24) is 10.2 Å². The Bertz CT molecular complexity index is 1410. The predicted octanol–water partition coefficient (Wildman–Crippen LogP) is 2.78. The third kappa shape index (κ3) is 4.32. The van der Waals surface area contributed by atoms with Gasteiger partial charge in [0.25, 0.3) is 0 Å². The van der Waals surface area contributed by atoms with Crippen molar-refractivity contribution in [2.45, 2.75) is 63.6 Å². The fourth-order valence-corrected chi connectivity index (χ4v) is 6.98. The van der Waals surface area contributed by atoms with Crippen molar-refractivity contribution in [2.24, 2.45) is 11.8 Å². The molecular formula is C28H31F3N2O8. The van der Waals surface area contributed by atoms with Gasteiger partial charge in [-0.1, -0.05) is 6.92 Å². The van der Waals surface area contributed by atoms with Crippen molar-refractivity contribution < 1.29 is 52.7 Å². The third-order valence-electron chi connectivity index (χ3n) is 8.88. The summed E-state index contributed by atoms with van der Waals surface area (Å²) in [4.78, 5) is 41.3. The van der Waals surface area contributed by atoms with Crippen LogP contribution < -0.4 is 10.1 Å². The summed E-state index contributed by atoms with van der Waals surface area (Å²) in [5.74, 6) is -8.31. The van der Waals surface area contributed by atoms with Crippen LogP contribution in [0.4, 0.5) is 13.2 Å². The Morgan fingerprint density at radius 1 is 1.24 bits per heavy atom. The number of ether oxygens (including phenoxy) is 1. The highest BCUT2D eigenvalue weighted by Gasteiger charge is 2.64. The normalized spacial score (nSPS) is 30.0. The second kappa shape index (κ2) is 9.85. The number of rotatable bonds is 5. The molecule has 0 spiro atoms. The highest BCUT2D eigenvalue weighted by molar-refractivity contribution is 6.25. The Kier molecular flexibility index (Phi) is 6.98. The van der Waals surface area contributed by atoms with E-state index in [4.69, 9.17) is 0 Å². The lowest BCUT2D eigenvalue weighted by Crippen LogP contribution is -2.65. The van der Waals surface area contributed by atoms with Crippen LogP contribution in [-0.2, 0) is 20.8 Å². The number of ketones is 3. The number of likely N-dealkylation sites (N-methyl/N-ethyl adjacent to an activating group) is 1. The van der Waals surface area contributed by atoms with Crippen LogP contribution in [0.2, 0.25) is 0 Å². The van der Waals surface area contributed by atoms with Gasteiger partial charge in [0.05, 0.1) is 11.6 Å². The number of Topliss-reactive ketones (excluding diaryl/α,β-unsaturated/α-hetero) is 3. The molecule has 222 valence electrons. The molecule has 1 aromatic rings. The molecule has 4 aliphatic rings. The Morgan fingerprint density at radius 2 is 1.93 bits per heavy atom. The molecule has 13 heteroatoms. The number of benzene rings is 1. The minimum atomic E-state index is -5.11. The largest absolute Gasteiger partial charge is 0.573 e. The summed E-state index contributed by atoms with van der Waals surface area (Å²) in [7, 11) is 1.54. The number of hydrogen-bond donors (Lipinski definition) is 5. The molecule has 0 amide bonds. The lowest BCUT2D eigenvalue weighted by molar-refractivity contribution is -0.275. The number of carbonyl (C=O) groups is 3. The highest BCUT2D eigenvalue weighted by atomic mass is 19.4. The molecule has 1 aliphatic heterocycles. The lowest BCUT2D eigenvalue weighted by Gasteiger charge is -2.50. The van der Waals surface area contributed by atoms with Gasteiger partial charge in [-0.3, -0.25) is 19.3 Å². The van der Waals surface area contributed by atoms with Crippen molar-refractivity contribution >= 4 is 23.1 Å². The van der Waals surface area contributed by atoms with Crippen LogP contribution in [0, 0.1) is 11.8 Å². The molecule has 5 atom stereocenters. The van der Waals surface area contributed by atoms with Crippen molar-refractivity contribution in [3.05, 3.63) is 39.7 Å². The molecule has 10 nitrogen and oxygen atoms in total. The number of aliphatic hydroxyl groups is 3. The van der Waals surface area contributed by atoms with E-state index in [2.05, 4.69) is 10.1 Å². The van der Waals surface area contributed by atoms with Gasteiger partial charge in [0.15, 0.2) is 17.2 Å². The number of phenolic OH excluding ortho intramolecular Hbond substituents is 1. The van der Waals surface area contributed by atoms with Crippen LogP contribution >= 0.6 is 0 Å². The maximum Gasteiger partial charge on any atom is 0.573 e. The molecular weight excluding hydrogens is 549 g/mol. The second-order valence-corrected chi connectivity index (χ2v) is 11.1. The summed E-state index contributed by atoms with van der Waals surface area (Å²) < 4.78 is 45.4. The van der Waals surface area contributed by atoms with Crippen molar-refractivity contribution in [2.75, 3.05) is 20.1 Å². The average molecular weight is 581 g/mol. The zero-order valence-electron chi connectivity index (χ0n) is 22.6. The minimum absolute atomic E-state index is 0.0501. The Balaban J connectivity index is 1.74. The molecule has 0 bridgehead atoms. The molecule has 2 fully saturated rings. The van der Waals surface area contributed by atoms with Crippen LogP contribution in [0.15, 0.2) is 23.0 Å². The first-order valence-corrected chi connectivity index (χ1v) is 13.4. The van der Waals surface area contributed by atoms with E-state index in [9.17, 15) is 48.0 Å². The average Bonchev–Trinajstić information content (AvgIpc) is 3.41. The molecule has 1 unspecified atom stereocenters. The van der Waals surface area contributed by atoms with Crippen LogP contribution in [0.25, 0.3) is 5.76 Å². The van der Waals surface area contributed by atoms with Crippen LogP contribution in [0.3, 0.4) is 0 Å². The number of fused-ring (bicyclic) bond motifs is 3. The van der Waals surface area contributed by atoms with Crippen molar-refractivity contribution in [3.63, 3.8) is 0 Å². The summed E-state index contributed by atoms with van der Waals surface area (Å²) in [5.41, 5.74) is -4.48. The fourth-order valence-electron chi connectivity index (χ4n) is 6.98. The van der Waals surface area contributed by atoms with E-state index in [0.29, 0.717) is 19.4 Å². The fraction of sp³-hybridized carbons (Fsp3) is 0.536. The Hall–Kier alpha value is -3.42. The van der Waals surface area contributed by atoms with E-state index in [1.54, 1.807) is 14.0 Å². The predicted molar refractivity (Wildman–Crippen MR) is 137 cm³/mol. The summed E-state index contributed by atoms with van der Waals surface area (Å²) >= 11 is 0. The van der Waals surface area contributed by atoms with E-state index in [1.165, 1.54) is 4.90 Å². The molecule has 0 aromatic heterocycles. The number of hydrogen-bond acceptors (Lipinski definition) is 10. The molecule has 41 heavy (non-hydrogen) atoms. The summed E-state index contributed by atoms with van der Waals surface area (Å²) in [5, 5.41) is 48.1. The van der Waals surface area contributed by atoms with E-state index in [-0.39, 0.29) is 30.5 Å². The number of carbonyl (C=O) groups excluding carboxylic acids is 3. The maximum absolute atomic E-state index is 14.0. The first-order valence-electron chi connectivity index (χ1n) is 13.4. The molecule has 1 saturated heterocycles. The highest BCUT2D eigenvalue weighted by Crippen LogP contribution is 2.55. The monoisotopic (exact) mass is 580 g/mol. The van der Waals surface area contributed by atoms with Gasteiger partial charge in [0.1, 0.15) is 28.6 Å². The van der Waals surface area contributed by atoms with Gasteiger partial charge in [-0.25, -0.2) is 0 Å². The number of phenols is 1. The molecule has 1 heterocycles. The maximum atomic E-state index is 14.0. The summed E-state index contributed by atoms with van der Waals surface area (Å²) in [6.07, 6.45) is -4.46.